The quantitative estimate of drug-likeness (QED) is 0.602. The van der Waals surface area contributed by atoms with Crippen LogP contribution in [0.2, 0.25) is 0 Å². The van der Waals surface area contributed by atoms with Crippen LogP contribution in [0.4, 0.5) is 18.9 Å². The van der Waals surface area contributed by atoms with Gasteiger partial charge in [-0.2, -0.15) is 21.6 Å². The Bertz CT molecular complexity index is 1020. The molecule has 0 saturated heterocycles. The van der Waals surface area contributed by atoms with Gasteiger partial charge in [-0.15, -0.1) is 0 Å². The Morgan fingerprint density at radius 3 is 2.48 bits per heavy atom. The summed E-state index contributed by atoms with van der Waals surface area (Å²) in [6, 6.07) is 1.14. The Morgan fingerprint density at radius 1 is 1.27 bits per heavy atom. The Kier molecular flexibility index (Phi) is 6.97. The number of carbonyl (C=O) groups excluding carboxylic acids is 1. The third kappa shape index (κ3) is 4.66. The Labute approximate surface area is 191 Å². The van der Waals surface area contributed by atoms with Gasteiger partial charge in [-0.05, 0) is 55.6 Å². The highest BCUT2D eigenvalue weighted by molar-refractivity contribution is 7.93. The number of hydrogen-bond acceptors (Lipinski definition) is 6. The van der Waals surface area contributed by atoms with Gasteiger partial charge in [0.15, 0.2) is 6.10 Å². The number of hydrogen-bond donors (Lipinski definition) is 2. The first kappa shape index (κ1) is 25.6. The number of carbonyl (C=O) groups is 1. The van der Waals surface area contributed by atoms with Gasteiger partial charge in [0, 0.05) is 17.7 Å². The number of aryl methyl sites for hydroxylation is 1. The number of phenolic OH excluding ortho intramolecular Hbond substituents is 1. The summed E-state index contributed by atoms with van der Waals surface area (Å²) in [4.78, 5) is 12.8. The summed E-state index contributed by atoms with van der Waals surface area (Å²) in [5, 5.41) is 21.4. The lowest BCUT2D eigenvalue weighted by molar-refractivity contribution is -0.166. The number of alkyl halides is 3. The minimum absolute atomic E-state index is 0.0679. The number of ether oxygens (including phenoxy) is 1. The third-order valence-corrected chi connectivity index (χ3v) is 8.31. The van der Waals surface area contributed by atoms with Crippen LogP contribution in [0.5, 0.6) is 5.75 Å². The normalized spacial score (nSPS) is 24.6. The van der Waals surface area contributed by atoms with Gasteiger partial charge in [0.2, 0.25) is 0 Å². The molecule has 2 aliphatic rings. The van der Waals surface area contributed by atoms with Gasteiger partial charge in [0.25, 0.3) is 0 Å². The number of nitrogens with zero attached hydrogens (tertiary/aromatic N) is 1. The molecule has 186 valence electrons. The van der Waals surface area contributed by atoms with Crippen LogP contribution in [0.1, 0.15) is 62.8 Å². The molecule has 1 saturated carbocycles. The molecule has 4 atom stereocenters. The number of aliphatic hydroxyl groups is 1. The van der Waals surface area contributed by atoms with Crippen LogP contribution in [-0.2, 0) is 26.0 Å². The maximum Gasteiger partial charge on any atom is 0.516 e. The number of aliphatic hydroxyl groups excluding tert-OH is 1. The van der Waals surface area contributed by atoms with E-state index in [-0.39, 0.29) is 51.0 Å². The zero-order valence-corrected chi connectivity index (χ0v) is 19.8. The highest BCUT2D eigenvalue weighted by Gasteiger charge is 2.52. The minimum atomic E-state index is -5.64. The molecule has 1 aliphatic carbocycles. The monoisotopic (exact) mass is 493 g/mol. The number of fused-ring (bicyclic) bond motifs is 1. The fourth-order valence-corrected chi connectivity index (χ4v) is 5.95. The second-order valence-corrected chi connectivity index (χ2v) is 11.3. The van der Waals surface area contributed by atoms with E-state index < -0.39 is 39.9 Å². The molecule has 0 amide bonds. The first-order valence-corrected chi connectivity index (χ1v) is 12.4. The van der Waals surface area contributed by atoms with Crippen molar-refractivity contribution in [2.45, 2.75) is 71.1 Å². The predicted octanol–water partition coefficient (Wildman–Crippen LogP) is 3.95. The Balaban J connectivity index is 1.89. The summed E-state index contributed by atoms with van der Waals surface area (Å²) < 4.78 is 68.7. The highest BCUT2D eigenvalue weighted by Crippen LogP contribution is 2.45. The lowest BCUT2D eigenvalue weighted by atomic mass is 9.75. The van der Waals surface area contributed by atoms with E-state index in [9.17, 15) is 36.6 Å². The average Bonchev–Trinajstić information content (AvgIpc) is 3.11. The minimum Gasteiger partial charge on any atom is -0.507 e. The number of aromatic hydroxyl groups is 1. The molecule has 0 radical (unpaired) electrons. The SMILES string of the molecule is Cc1cc2c(c(O)c1[C@H](O)C(=O)O[C@@H]1C[C@H](C)CC[C@H]1C(C)C)CCN2S(=O)(=O)C(F)(F)F. The van der Waals surface area contributed by atoms with Crippen LogP contribution in [0.25, 0.3) is 0 Å². The van der Waals surface area contributed by atoms with Gasteiger partial charge < -0.3 is 14.9 Å². The molecular weight excluding hydrogens is 463 g/mol. The maximum atomic E-state index is 13.0. The van der Waals surface area contributed by atoms with Crippen LogP contribution in [0.3, 0.4) is 0 Å². The third-order valence-electron chi connectivity index (χ3n) is 6.77. The molecule has 2 N–H and O–H groups in total. The van der Waals surface area contributed by atoms with Crippen molar-refractivity contribution in [2.24, 2.45) is 17.8 Å². The largest absolute Gasteiger partial charge is 0.516 e. The van der Waals surface area contributed by atoms with Gasteiger partial charge in [0.1, 0.15) is 11.9 Å². The smallest absolute Gasteiger partial charge is 0.507 e. The molecule has 1 aromatic rings. The van der Waals surface area contributed by atoms with E-state index in [2.05, 4.69) is 6.92 Å². The lowest BCUT2D eigenvalue weighted by Crippen LogP contribution is -2.39. The van der Waals surface area contributed by atoms with Crippen molar-refractivity contribution >= 4 is 21.7 Å². The van der Waals surface area contributed by atoms with Gasteiger partial charge in [-0.1, -0.05) is 27.2 Å². The molecule has 3 rings (SSSR count). The number of rotatable bonds is 5. The second kappa shape index (κ2) is 8.98. The molecule has 7 nitrogen and oxygen atoms in total. The van der Waals surface area contributed by atoms with E-state index in [0.29, 0.717) is 12.3 Å². The fourth-order valence-electron chi connectivity index (χ4n) is 4.94. The molecule has 1 fully saturated rings. The van der Waals surface area contributed by atoms with E-state index >= 15 is 0 Å². The first-order valence-electron chi connectivity index (χ1n) is 11.0. The number of anilines is 1. The van der Waals surface area contributed by atoms with Gasteiger partial charge >= 0.3 is 21.5 Å². The topological polar surface area (TPSA) is 104 Å². The van der Waals surface area contributed by atoms with Crippen LogP contribution in [0.15, 0.2) is 6.07 Å². The molecule has 1 aromatic carbocycles. The van der Waals surface area contributed by atoms with Crippen LogP contribution in [-0.4, -0.2) is 42.8 Å². The van der Waals surface area contributed by atoms with Crippen molar-refractivity contribution in [1.82, 2.24) is 0 Å². The van der Waals surface area contributed by atoms with Gasteiger partial charge in [-0.3, -0.25) is 4.31 Å². The average molecular weight is 494 g/mol. The van der Waals surface area contributed by atoms with Crippen molar-refractivity contribution in [1.29, 1.82) is 0 Å². The van der Waals surface area contributed by atoms with Crippen molar-refractivity contribution in [2.75, 3.05) is 10.8 Å². The van der Waals surface area contributed by atoms with Crippen LogP contribution >= 0.6 is 0 Å². The molecule has 1 heterocycles. The summed E-state index contributed by atoms with van der Waals surface area (Å²) >= 11 is 0. The molecular formula is C22H30F3NO6S. The second-order valence-electron chi connectivity index (χ2n) is 9.43. The summed E-state index contributed by atoms with van der Waals surface area (Å²) in [5.41, 5.74) is -5.98. The van der Waals surface area contributed by atoms with Crippen LogP contribution in [0, 0.1) is 24.7 Å². The highest BCUT2D eigenvalue weighted by atomic mass is 32.2. The summed E-state index contributed by atoms with van der Waals surface area (Å²) in [6.45, 7) is 7.00. The molecule has 33 heavy (non-hydrogen) atoms. The summed E-state index contributed by atoms with van der Waals surface area (Å²) in [6.07, 6.45) is 0.122. The lowest BCUT2D eigenvalue weighted by Gasteiger charge is -2.37. The molecule has 11 heteroatoms. The fraction of sp³-hybridized carbons (Fsp3) is 0.682. The predicted molar refractivity (Wildman–Crippen MR) is 115 cm³/mol. The maximum absolute atomic E-state index is 13.0. The van der Waals surface area contributed by atoms with E-state index in [1.165, 1.54) is 6.92 Å². The van der Waals surface area contributed by atoms with Crippen molar-refractivity contribution < 1.29 is 41.3 Å². The van der Waals surface area contributed by atoms with E-state index in [0.717, 1.165) is 18.9 Å². The van der Waals surface area contributed by atoms with Gasteiger partial charge in [0.05, 0.1) is 5.69 Å². The summed E-state index contributed by atoms with van der Waals surface area (Å²) in [5.74, 6) is -0.786. The zero-order chi connectivity index (χ0) is 24.9. The molecule has 0 bridgehead atoms. The van der Waals surface area contributed by atoms with Crippen molar-refractivity contribution in [3.05, 3.63) is 22.8 Å². The number of benzene rings is 1. The standard InChI is InChI=1S/C22H30F3NO6S/c1-11(2)14-6-5-12(3)9-17(14)32-21(29)20(28)18-13(4)10-16-15(19(18)27)7-8-26(16)33(30,31)22(23,24)25/h10-12,14,17,20,27-28H,5-9H2,1-4H3/t12-,14+,17-,20+/m1/s1. The number of sulfonamides is 1. The Hall–Kier alpha value is -2.01. The van der Waals surface area contributed by atoms with Crippen molar-refractivity contribution in [3.8, 4) is 5.75 Å². The number of halogens is 3. The zero-order valence-electron chi connectivity index (χ0n) is 19.0. The van der Waals surface area contributed by atoms with E-state index in [1.54, 1.807) is 0 Å². The Morgan fingerprint density at radius 2 is 1.91 bits per heavy atom. The number of phenols is 1. The summed E-state index contributed by atoms with van der Waals surface area (Å²) in [7, 11) is -5.64. The number of esters is 1. The molecule has 1 aliphatic heterocycles. The molecule has 0 spiro atoms. The van der Waals surface area contributed by atoms with Crippen molar-refractivity contribution in [3.63, 3.8) is 0 Å². The van der Waals surface area contributed by atoms with E-state index in [4.69, 9.17) is 4.74 Å². The first-order chi connectivity index (χ1) is 15.2. The van der Waals surface area contributed by atoms with Crippen LogP contribution < -0.4 is 4.31 Å². The van der Waals surface area contributed by atoms with Gasteiger partial charge in [-0.25, -0.2) is 4.79 Å². The molecule has 0 unspecified atom stereocenters. The molecule has 0 aromatic heterocycles. The van der Waals surface area contributed by atoms with E-state index in [1.807, 2.05) is 13.8 Å².